The number of rotatable bonds is 4. The summed E-state index contributed by atoms with van der Waals surface area (Å²) in [5.74, 6) is -1.13. The normalized spacial score (nSPS) is 21.3. The molecule has 1 fully saturated rings. The Labute approximate surface area is 139 Å². The van der Waals surface area contributed by atoms with E-state index >= 15 is 0 Å². The third kappa shape index (κ3) is 2.70. The van der Waals surface area contributed by atoms with Gasteiger partial charge >= 0.3 is 5.97 Å². The largest absolute Gasteiger partial charge is 0.481 e. The second-order valence-corrected chi connectivity index (χ2v) is 6.24. The van der Waals surface area contributed by atoms with Gasteiger partial charge in [0.05, 0.1) is 24.4 Å². The Morgan fingerprint density at radius 2 is 2.21 bits per heavy atom. The van der Waals surface area contributed by atoms with Gasteiger partial charge in [0.15, 0.2) is 0 Å². The smallest absolute Gasteiger partial charge is 0.309 e. The molecule has 0 saturated carbocycles. The fraction of sp³-hybridized carbons (Fsp3) is 0.471. The Hall–Kier alpha value is -2.57. The van der Waals surface area contributed by atoms with Gasteiger partial charge in [-0.05, 0) is 32.4 Å². The predicted molar refractivity (Wildman–Crippen MR) is 85.0 cm³/mol. The van der Waals surface area contributed by atoms with Crippen molar-refractivity contribution in [2.75, 3.05) is 0 Å². The van der Waals surface area contributed by atoms with Gasteiger partial charge in [0.25, 0.3) is 0 Å². The summed E-state index contributed by atoms with van der Waals surface area (Å²) in [5, 5.41) is 14.0. The highest BCUT2D eigenvalue weighted by Gasteiger charge is 2.42. The van der Waals surface area contributed by atoms with Crippen molar-refractivity contribution in [2.24, 2.45) is 13.0 Å². The molecule has 2 aromatic heterocycles. The van der Waals surface area contributed by atoms with E-state index in [1.54, 1.807) is 21.7 Å². The molecule has 0 unspecified atom stereocenters. The molecule has 0 radical (unpaired) electrons. The standard InChI is InChI=1S/C17H21N3O4/c1-10-13(11(2)19(3)18-10)9-20-15(21)7-6-12(17(22)23)16(20)14-5-4-8-24-14/h4-5,8,12,16H,6-7,9H2,1-3H3,(H,22,23)/t12-,16-/m0/s1. The van der Waals surface area contributed by atoms with Crippen LogP contribution in [0.15, 0.2) is 22.8 Å². The van der Waals surface area contributed by atoms with Crippen molar-refractivity contribution in [2.45, 2.75) is 39.3 Å². The third-order valence-corrected chi connectivity index (χ3v) is 4.85. The van der Waals surface area contributed by atoms with Gasteiger partial charge in [0.1, 0.15) is 11.8 Å². The molecule has 0 aromatic carbocycles. The van der Waals surface area contributed by atoms with Crippen molar-refractivity contribution in [3.05, 3.63) is 41.1 Å². The maximum Gasteiger partial charge on any atom is 0.309 e. The van der Waals surface area contributed by atoms with Gasteiger partial charge in [-0.25, -0.2) is 0 Å². The number of carbonyl (C=O) groups is 2. The molecule has 128 valence electrons. The maximum atomic E-state index is 12.6. The molecule has 2 aromatic rings. The molecule has 2 atom stereocenters. The first-order valence-electron chi connectivity index (χ1n) is 7.95. The molecule has 0 aliphatic carbocycles. The van der Waals surface area contributed by atoms with E-state index in [0.717, 1.165) is 17.0 Å². The number of aromatic nitrogens is 2. The van der Waals surface area contributed by atoms with E-state index in [1.807, 2.05) is 20.9 Å². The monoisotopic (exact) mass is 331 g/mol. The van der Waals surface area contributed by atoms with Gasteiger partial charge in [0, 0.05) is 24.7 Å². The number of carboxylic acid groups (broad SMARTS) is 1. The fourth-order valence-corrected chi connectivity index (χ4v) is 3.43. The van der Waals surface area contributed by atoms with Crippen molar-refractivity contribution in [3.8, 4) is 0 Å². The van der Waals surface area contributed by atoms with Crippen LogP contribution in [0.25, 0.3) is 0 Å². The number of hydrogen-bond donors (Lipinski definition) is 1. The van der Waals surface area contributed by atoms with Crippen LogP contribution in [0.3, 0.4) is 0 Å². The average molecular weight is 331 g/mol. The number of likely N-dealkylation sites (tertiary alicyclic amines) is 1. The number of nitrogens with zero attached hydrogens (tertiary/aromatic N) is 3. The van der Waals surface area contributed by atoms with E-state index in [1.165, 1.54) is 6.26 Å². The summed E-state index contributed by atoms with van der Waals surface area (Å²) in [6, 6.07) is 2.85. The lowest BCUT2D eigenvalue weighted by Gasteiger charge is -2.38. The molecule has 1 saturated heterocycles. The zero-order valence-electron chi connectivity index (χ0n) is 14.0. The van der Waals surface area contributed by atoms with Crippen molar-refractivity contribution < 1.29 is 19.1 Å². The Morgan fingerprint density at radius 3 is 2.75 bits per heavy atom. The molecule has 24 heavy (non-hydrogen) atoms. The molecule has 1 N–H and O–H groups in total. The number of aliphatic carboxylic acids is 1. The lowest BCUT2D eigenvalue weighted by atomic mass is 9.86. The van der Waals surface area contributed by atoms with Crippen LogP contribution >= 0.6 is 0 Å². The summed E-state index contributed by atoms with van der Waals surface area (Å²) in [4.78, 5) is 25.9. The number of amides is 1. The number of carbonyl (C=O) groups excluding carboxylic acids is 1. The van der Waals surface area contributed by atoms with E-state index in [-0.39, 0.29) is 12.3 Å². The summed E-state index contributed by atoms with van der Waals surface area (Å²) in [7, 11) is 1.86. The predicted octanol–water partition coefficient (Wildman–Crippen LogP) is 2.19. The van der Waals surface area contributed by atoms with E-state index in [4.69, 9.17) is 4.42 Å². The van der Waals surface area contributed by atoms with Gasteiger partial charge < -0.3 is 14.4 Å². The van der Waals surface area contributed by atoms with Gasteiger partial charge in [-0.15, -0.1) is 0 Å². The van der Waals surface area contributed by atoms with Crippen LogP contribution in [-0.4, -0.2) is 31.7 Å². The molecule has 3 heterocycles. The Morgan fingerprint density at radius 1 is 1.46 bits per heavy atom. The van der Waals surface area contributed by atoms with Crippen LogP contribution in [0, 0.1) is 19.8 Å². The van der Waals surface area contributed by atoms with E-state index in [2.05, 4.69) is 5.10 Å². The summed E-state index contributed by atoms with van der Waals surface area (Å²) in [5.41, 5.74) is 2.77. The van der Waals surface area contributed by atoms with Crippen LogP contribution in [0.5, 0.6) is 0 Å². The highest BCUT2D eigenvalue weighted by Crippen LogP contribution is 2.38. The Bertz CT molecular complexity index is 763. The number of aryl methyl sites for hydroxylation is 2. The van der Waals surface area contributed by atoms with Crippen LogP contribution in [0.1, 0.15) is 41.6 Å². The SMILES string of the molecule is Cc1nn(C)c(C)c1CN1C(=O)CC[C@H](C(=O)O)[C@H]1c1ccco1. The first-order valence-corrected chi connectivity index (χ1v) is 7.95. The van der Waals surface area contributed by atoms with Gasteiger partial charge in [0.2, 0.25) is 5.91 Å². The maximum absolute atomic E-state index is 12.6. The fourth-order valence-electron chi connectivity index (χ4n) is 3.43. The zero-order chi connectivity index (χ0) is 17.4. The zero-order valence-corrected chi connectivity index (χ0v) is 14.0. The molecule has 3 rings (SSSR count). The highest BCUT2D eigenvalue weighted by atomic mass is 16.4. The Kier molecular flexibility index (Phi) is 4.17. The van der Waals surface area contributed by atoms with Crippen LogP contribution < -0.4 is 0 Å². The van der Waals surface area contributed by atoms with Gasteiger partial charge in [-0.2, -0.15) is 5.10 Å². The number of piperidine rings is 1. The van der Waals surface area contributed by atoms with Crippen molar-refractivity contribution in [1.29, 1.82) is 0 Å². The third-order valence-electron chi connectivity index (χ3n) is 4.85. The highest BCUT2D eigenvalue weighted by molar-refractivity contribution is 5.81. The topological polar surface area (TPSA) is 88.6 Å². The number of furan rings is 1. The van der Waals surface area contributed by atoms with Gasteiger partial charge in [-0.3, -0.25) is 14.3 Å². The van der Waals surface area contributed by atoms with Crippen LogP contribution in [-0.2, 0) is 23.2 Å². The molecular weight excluding hydrogens is 310 g/mol. The molecule has 1 amide bonds. The lowest BCUT2D eigenvalue weighted by Crippen LogP contribution is -2.44. The molecule has 7 nitrogen and oxygen atoms in total. The first-order chi connectivity index (χ1) is 11.4. The molecule has 1 aliphatic rings. The summed E-state index contributed by atoms with van der Waals surface area (Å²) in [6.45, 7) is 4.17. The lowest BCUT2D eigenvalue weighted by molar-refractivity contribution is -0.153. The molecule has 1 aliphatic heterocycles. The van der Waals surface area contributed by atoms with E-state index in [0.29, 0.717) is 18.7 Å². The van der Waals surface area contributed by atoms with Crippen molar-refractivity contribution >= 4 is 11.9 Å². The number of carboxylic acids is 1. The van der Waals surface area contributed by atoms with Gasteiger partial charge in [-0.1, -0.05) is 0 Å². The quantitative estimate of drug-likeness (QED) is 0.928. The van der Waals surface area contributed by atoms with E-state index in [9.17, 15) is 14.7 Å². The van der Waals surface area contributed by atoms with Crippen LogP contribution in [0.2, 0.25) is 0 Å². The van der Waals surface area contributed by atoms with Crippen molar-refractivity contribution in [1.82, 2.24) is 14.7 Å². The molecular formula is C17H21N3O4. The average Bonchev–Trinajstić information content (AvgIpc) is 3.13. The summed E-state index contributed by atoms with van der Waals surface area (Å²) >= 11 is 0. The van der Waals surface area contributed by atoms with Crippen molar-refractivity contribution in [3.63, 3.8) is 0 Å². The number of hydrogen-bond acceptors (Lipinski definition) is 4. The summed E-state index contributed by atoms with van der Waals surface area (Å²) in [6.07, 6.45) is 2.06. The van der Waals surface area contributed by atoms with E-state index < -0.39 is 17.9 Å². The second kappa shape index (κ2) is 6.14. The first kappa shape index (κ1) is 16.3. The Balaban J connectivity index is 2.01. The molecule has 0 bridgehead atoms. The second-order valence-electron chi connectivity index (χ2n) is 6.24. The summed E-state index contributed by atoms with van der Waals surface area (Å²) < 4.78 is 7.23. The molecule has 0 spiro atoms. The molecule has 7 heteroatoms. The minimum absolute atomic E-state index is 0.0587. The minimum atomic E-state index is -0.909. The van der Waals surface area contributed by atoms with Crippen LogP contribution in [0.4, 0.5) is 0 Å². The minimum Gasteiger partial charge on any atom is -0.481 e.